The Labute approximate surface area is 106 Å². The fourth-order valence-electron chi connectivity index (χ4n) is 1.52. The van der Waals surface area contributed by atoms with Crippen molar-refractivity contribution in [2.45, 2.75) is 6.54 Å². The Morgan fingerprint density at radius 3 is 2.22 bits per heavy atom. The van der Waals surface area contributed by atoms with E-state index >= 15 is 0 Å². The van der Waals surface area contributed by atoms with E-state index in [2.05, 4.69) is 9.47 Å². The number of nitrogens with zero attached hydrogens (tertiary/aromatic N) is 1. The van der Waals surface area contributed by atoms with Crippen molar-refractivity contribution in [2.24, 2.45) is 0 Å². The van der Waals surface area contributed by atoms with Gasteiger partial charge in [0.25, 0.3) is 0 Å². The lowest BCUT2D eigenvalue weighted by Gasteiger charge is -2.15. The molecule has 1 aromatic carbocycles. The van der Waals surface area contributed by atoms with E-state index < -0.39 is 0 Å². The first-order valence-corrected chi connectivity index (χ1v) is 5.49. The Hall–Kier alpha value is -1.88. The van der Waals surface area contributed by atoms with Crippen LogP contribution in [0, 0.1) is 0 Å². The van der Waals surface area contributed by atoms with Gasteiger partial charge in [-0.15, -0.1) is 0 Å². The fraction of sp³-hybridized carbons (Fsp3) is 0.385. The number of benzene rings is 1. The molecule has 0 heterocycles. The maximum absolute atomic E-state index is 11.2. The predicted octanol–water partition coefficient (Wildman–Crippen LogP) is 1.08. The van der Waals surface area contributed by atoms with Crippen molar-refractivity contribution in [1.29, 1.82) is 0 Å². The summed E-state index contributed by atoms with van der Waals surface area (Å²) in [6, 6.07) is 7.07. The van der Waals surface area contributed by atoms with Crippen molar-refractivity contribution in [1.82, 2.24) is 4.90 Å². The molecule has 0 fully saturated rings. The number of carbonyl (C=O) groups excluding carboxylic acids is 2. The zero-order valence-electron chi connectivity index (χ0n) is 10.8. The molecule has 1 rings (SSSR count). The molecular formula is C13H17NO4. The van der Waals surface area contributed by atoms with Gasteiger partial charge in [0.1, 0.15) is 0 Å². The predicted molar refractivity (Wildman–Crippen MR) is 66.1 cm³/mol. The largest absolute Gasteiger partial charge is 0.468 e. The lowest BCUT2D eigenvalue weighted by atomic mass is 10.1. The van der Waals surface area contributed by atoms with Crippen molar-refractivity contribution < 1.29 is 19.1 Å². The van der Waals surface area contributed by atoms with Gasteiger partial charge < -0.3 is 9.47 Å². The van der Waals surface area contributed by atoms with Gasteiger partial charge in [0.15, 0.2) is 0 Å². The molecule has 5 heteroatoms. The minimum absolute atomic E-state index is 0.231. The van der Waals surface area contributed by atoms with Crippen molar-refractivity contribution in [2.75, 3.05) is 27.8 Å². The standard InChI is InChI=1S/C13H17NO4/c1-14(9-12(15)17-2)8-10-4-6-11(7-5-10)13(16)18-3/h4-7H,8-9H2,1-3H3. The van der Waals surface area contributed by atoms with Crippen LogP contribution in [-0.4, -0.2) is 44.7 Å². The molecular weight excluding hydrogens is 234 g/mol. The van der Waals surface area contributed by atoms with E-state index in [1.807, 2.05) is 24.1 Å². The highest BCUT2D eigenvalue weighted by Crippen LogP contribution is 2.07. The topological polar surface area (TPSA) is 55.8 Å². The van der Waals surface area contributed by atoms with Crippen LogP contribution in [-0.2, 0) is 20.8 Å². The monoisotopic (exact) mass is 251 g/mol. The molecule has 0 amide bonds. The molecule has 5 nitrogen and oxygen atoms in total. The average molecular weight is 251 g/mol. The Morgan fingerprint density at radius 1 is 1.11 bits per heavy atom. The molecule has 0 atom stereocenters. The van der Waals surface area contributed by atoms with E-state index in [-0.39, 0.29) is 18.5 Å². The molecule has 98 valence electrons. The third-order valence-electron chi connectivity index (χ3n) is 2.45. The number of hydrogen-bond acceptors (Lipinski definition) is 5. The third-order valence-corrected chi connectivity index (χ3v) is 2.45. The van der Waals surface area contributed by atoms with Crippen molar-refractivity contribution in [3.05, 3.63) is 35.4 Å². The van der Waals surface area contributed by atoms with Crippen LogP contribution in [0.15, 0.2) is 24.3 Å². The van der Waals surface area contributed by atoms with Crippen LogP contribution < -0.4 is 0 Å². The quantitative estimate of drug-likeness (QED) is 0.733. The summed E-state index contributed by atoms with van der Waals surface area (Å²) in [7, 11) is 4.53. The van der Waals surface area contributed by atoms with Gasteiger partial charge in [-0.05, 0) is 24.7 Å². The molecule has 0 saturated heterocycles. The summed E-state index contributed by atoms with van der Waals surface area (Å²) in [5, 5.41) is 0. The Kier molecular flexibility index (Phi) is 5.32. The number of ether oxygens (including phenoxy) is 2. The number of carbonyl (C=O) groups is 2. The zero-order valence-corrected chi connectivity index (χ0v) is 10.8. The van der Waals surface area contributed by atoms with Crippen LogP contribution in [0.3, 0.4) is 0 Å². The van der Waals surface area contributed by atoms with Crippen LogP contribution in [0.1, 0.15) is 15.9 Å². The SMILES string of the molecule is COC(=O)CN(C)Cc1ccc(C(=O)OC)cc1. The normalized spacial score (nSPS) is 10.2. The van der Waals surface area contributed by atoms with Crippen LogP contribution in [0.5, 0.6) is 0 Å². The highest BCUT2D eigenvalue weighted by atomic mass is 16.5. The minimum Gasteiger partial charge on any atom is -0.468 e. The Bertz CT molecular complexity index is 414. The zero-order chi connectivity index (χ0) is 13.5. The molecule has 0 aliphatic rings. The van der Waals surface area contributed by atoms with Crippen LogP contribution in [0.4, 0.5) is 0 Å². The second-order valence-electron chi connectivity index (χ2n) is 3.94. The van der Waals surface area contributed by atoms with Crippen LogP contribution in [0.2, 0.25) is 0 Å². The van der Waals surface area contributed by atoms with Gasteiger partial charge in [0, 0.05) is 6.54 Å². The lowest BCUT2D eigenvalue weighted by Crippen LogP contribution is -2.26. The molecule has 0 bridgehead atoms. The molecule has 0 aromatic heterocycles. The molecule has 18 heavy (non-hydrogen) atoms. The van der Waals surface area contributed by atoms with Gasteiger partial charge >= 0.3 is 11.9 Å². The smallest absolute Gasteiger partial charge is 0.337 e. The van der Waals surface area contributed by atoms with Crippen LogP contribution in [0.25, 0.3) is 0 Å². The van der Waals surface area contributed by atoms with E-state index in [4.69, 9.17) is 0 Å². The van der Waals surface area contributed by atoms with E-state index in [9.17, 15) is 9.59 Å². The number of esters is 2. The molecule has 1 aromatic rings. The molecule has 0 aliphatic heterocycles. The summed E-state index contributed by atoms with van der Waals surface area (Å²) in [5.41, 5.74) is 1.52. The lowest BCUT2D eigenvalue weighted by molar-refractivity contribution is -0.141. The van der Waals surface area contributed by atoms with Gasteiger partial charge in [-0.2, -0.15) is 0 Å². The molecule has 0 radical (unpaired) electrons. The number of rotatable bonds is 5. The molecule has 0 aliphatic carbocycles. The third kappa shape index (κ3) is 4.18. The van der Waals surface area contributed by atoms with Crippen molar-refractivity contribution >= 4 is 11.9 Å². The second-order valence-corrected chi connectivity index (χ2v) is 3.94. The summed E-state index contributed by atoms with van der Waals surface area (Å²) < 4.78 is 9.20. The minimum atomic E-state index is -0.357. The van der Waals surface area contributed by atoms with E-state index in [0.717, 1.165) is 5.56 Å². The van der Waals surface area contributed by atoms with Gasteiger partial charge in [-0.1, -0.05) is 12.1 Å². The van der Waals surface area contributed by atoms with Crippen LogP contribution >= 0.6 is 0 Å². The van der Waals surface area contributed by atoms with E-state index in [1.54, 1.807) is 12.1 Å². The van der Waals surface area contributed by atoms with Crippen molar-refractivity contribution in [3.63, 3.8) is 0 Å². The second kappa shape index (κ2) is 6.76. The highest BCUT2D eigenvalue weighted by molar-refractivity contribution is 5.89. The summed E-state index contributed by atoms with van der Waals surface area (Å²) in [4.78, 5) is 24.1. The summed E-state index contributed by atoms with van der Waals surface area (Å²) >= 11 is 0. The van der Waals surface area contributed by atoms with Gasteiger partial charge in [0.05, 0.1) is 26.3 Å². The number of hydrogen-bond donors (Lipinski definition) is 0. The van der Waals surface area contributed by atoms with E-state index in [0.29, 0.717) is 12.1 Å². The molecule has 0 unspecified atom stereocenters. The van der Waals surface area contributed by atoms with E-state index in [1.165, 1.54) is 14.2 Å². The number of methoxy groups -OCH3 is 2. The first-order valence-electron chi connectivity index (χ1n) is 5.49. The first kappa shape index (κ1) is 14.2. The van der Waals surface area contributed by atoms with Gasteiger partial charge in [0.2, 0.25) is 0 Å². The highest BCUT2D eigenvalue weighted by Gasteiger charge is 2.08. The average Bonchev–Trinajstić information content (AvgIpc) is 2.38. The fourth-order valence-corrected chi connectivity index (χ4v) is 1.52. The van der Waals surface area contributed by atoms with Crippen molar-refractivity contribution in [3.8, 4) is 0 Å². The summed E-state index contributed by atoms with van der Waals surface area (Å²) in [5.74, 6) is -0.631. The molecule has 0 saturated carbocycles. The molecule has 0 N–H and O–H groups in total. The number of likely N-dealkylation sites (N-methyl/N-ethyl adjacent to an activating group) is 1. The van der Waals surface area contributed by atoms with Gasteiger partial charge in [-0.25, -0.2) is 4.79 Å². The summed E-state index contributed by atoms with van der Waals surface area (Å²) in [6.45, 7) is 0.839. The molecule has 0 spiro atoms. The maximum atomic E-state index is 11.2. The maximum Gasteiger partial charge on any atom is 0.337 e. The first-order chi connectivity index (χ1) is 8.56. The Morgan fingerprint density at radius 2 is 1.72 bits per heavy atom. The van der Waals surface area contributed by atoms with Gasteiger partial charge in [-0.3, -0.25) is 9.69 Å². The summed E-state index contributed by atoms with van der Waals surface area (Å²) in [6.07, 6.45) is 0. The Balaban J connectivity index is 2.58.